The minimum atomic E-state index is -0.217. The number of aliphatic hydroxyl groups excluding tert-OH is 1. The summed E-state index contributed by atoms with van der Waals surface area (Å²) in [5, 5.41) is 12.7. The maximum absolute atomic E-state index is 11.9. The summed E-state index contributed by atoms with van der Waals surface area (Å²) in [4.78, 5) is 15.9. The van der Waals surface area contributed by atoms with Crippen molar-refractivity contribution in [3.05, 3.63) is 84.7 Å². The van der Waals surface area contributed by atoms with Crippen molar-refractivity contribution in [2.45, 2.75) is 6.54 Å². The molecule has 0 bridgehead atoms. The molecule has 25 heavy (non-hydrogen) atoms. The summed E-state index contributed by atoms with van der Waals surface area (Å²) in [5.41, 5.74) is 4.01. The second kappa shape index (κ2) is 9.85. The lowest BCUT2D eigenvalue weighted by atomic mass is 10.1. The first kappa shape index (κ1) is 18.2. The average molecular weight is 335 g/mol. The van der Waals surface area contributed by atoms with E-state index in [4.69, 9.17) is 5.11 Å². The first-order valence-electron chi connectivity index (χ1n) is 7.85. The number of hydrogen-bond donors (Lipinski definition) is 3. The quantitative estimate of drug-likeness (QED) is 0.681. The van der Waals surface area contributed by atoms with E-state index in [1.165, 1.54) is 0 Å². The summed E-state index contributed by atoms with van der Waals surface area (Å²) in [7, 11) is 1.00. The van der Waals surface area contributed by atoms with E-state index < -0.39 is 0 Å². The van der Waals surface area contributed by atoms with Gasteiger partial charge in [0.2, 0.25) is 0 Å². The number of amides is 2. The van der Waals surface area contributed by atoms with E-state index in [9.17, 15) is 4.79 Å². The largest absolute Gasteiger partial charge is 0.400 e. The number of aromatic nitrogens is 1. The van der Waals surface area contributed by atoms with Crippen LogP contribution in [0.1, 0.15) is 5.56 Å². The molecule has 128 valence electrons. The molecule has 0 saturated heterocycles. The molecule has 2 amide bonds. The highest BCUT2D eigenvalue weighted by Crippen LogP contribution is 2.20. The molecule has 3 rings (SSSR count). The minimum Gasteiger partial charge on any atom is -0.400 e. The molecule has 1 aromatic heterocycles. The second-order valence-corrected chi connectivity index (χ2v) is 5.11. The molecule has 5 nitrogen and oxygen atoms in total. The van der Waals surface area contributed by atoms with Gasteiger partial charge in [-0.2, -0.15) is 0 Å². The number of aliphatic hydroxyl groups is 1. The highest BCUT2D eigenvalue weighted by atomic mass is 16.2. The predicted octanol–water partition coefficient (Wildman–Crippen LogP) is 3.68. The van der Waals surface area contributed by atoms with Crippen molar-refractivity contribution in [3.63, 3.8) is 0 Å². The molecule has 0 atom stereocenters. The van der Waals surface area contributed by atoms with Gasteiger partial charge in [0.15, 0.2) is 0 Å². The zero-order valence-corrected chi connectivity index (χ0v) is 14.0. The molecule has 0 spiro atoms. The third kappa shape index (κ3) is 5.75. The van der Waals surface area contributed by atoms with Crippen LogP contribution in [0.3, 0.4) is 0 Å². The Labute approximate surface area is 147 Å². The van der Waals surface area contributed by atoms with Gasteiger partial charge >= 0.3 is 6.03 Å². The van der Waals surface area contributed by atoms with Gasteiger partial charge in [0.1, 0.15) is 0 Å². The van der Waals surface area contributed by atoms with Gasteiger partial charge in [-0.15, -0.1) is 0 Å². The zero-order chi connectivity index (χ0) is 17.9. The molecule has 1 heterocycles. The lowest BCUT2D eigenvalue weighted by Crippen LogP contribution is -2.28. The number of carbonyl (C=O) groups excluding carboxylic acids is 1. The van der Waals surface area contributed by atoms with Gasteiger partial charge in [-0.25, -0.2) is 4.79 Å². The first-order chi connectivity index (χ1) is 12.3. The number of benzene rings is 2. The monoisotopic (exact) mass is 335 g/mol. The Morgan fingerprint density at radius 3 is 2.12 bits per heavy atom. The average Bonchev–Trinajstić information content (AvgIpc) is 2.70. The fraction of sp³-hybridized carbons (Fsp3) is 0.100. The van der Waals surface area contributed by atoms with E-state index in [1.54, 1.807) is 12.4 Å². The van der Waals surface area contributed by atoms with Crippen LogP contribution in [-0.4, -0.2) is 23.2 Å². The second-order valence-electron chi connectivity index (χ2n) is 5.11. The Morgan fingerprint density at radius 2 is 1.48 bits per heavy atom. The smallest absolute Gasteiger partial charge is 0.319 e. The molecular formula is C20H21N3O2. The predicted molar refractivity (Wildman–Crippen MR) is 100 cm³/mol. The SMILES string of the molecule is CO.O=C(NCc1ccccc1)Nc1ccc(-c2ccncc2)cc1. The van der Waals surface area contributed by atoms with E-state index in [2.05, 4.69) is 15.6 Å². The van der Waals surface area contributed by atoms with Crippen LogP contribution in [0.4, 0.5) is 10.5 Å². The van der Waals surface area contributed by atoms with Crippen LogP contribution in [0.15, 0.2) is 79.1 Å². The van der Waals surface area contributed by atoms with Crippen LogP contribution < -0.4 is 10.6 Å². The highest BCUT2D eigenvalue weighted by Gasteiger charge is 2.02. The highest BCUT2D eigenvalue weighted by molar-refractivity contribution is 5.89. The van der Waals surface area contributed by atoms with Crippen LogP contribution in [-0.2, 0) is 6.54 Å². The van der Waals surface area contributed by atoms with Crippen molar-refractivity contribution in [1.82, 2.24) is 10.3 Å². The molecule has 0 unspecified atom stereocenters. The number of nitrogens with zero attached hydrogens (tertiary/aromatic N) is 1. The third-order valence-electron chi connectivity index (χ3n) is 3.45. The van der Waals surface area contributed by atoms with Crippen LogP contribution in [0.25, 0.3) is 11.1 Å². The lowest BCUT2D eigenvalue weighted by molar-refractivity contribution is 0.251. The van der Waals surface area contributed by atoms with Crippen molar-refractivity contribution in [2.75, 3.05) is 12.4 Å². The molecule has 3 aromatic rings. The number of rotatable bonds is 4. The summed E-state index contributed by atoms with van der Waals surface area (Å²) >= 11 is 0. The normalized spacial score (nSPS) is 9.52. The van der Waals surface area contributed by atoms with E-state index in [1.807, 2.05) is 66.7 Å². The zero-order valence-electron chi connectivity index (χ0n) is 14.0. The maximum atomic E-state index is 11.9. The molecule has 0 radical (unpaired) electrons. The molecule has 5 heteroatoms. The molecule has 2 aromatic carbocycles. The summed E-state index contributed by atoms with van der Waals surface area (Å²) in [5.74, 6) is 0. The number of pyridine rings is 1. The van der Waals surface area contributed by atoms with Crippen molar-refractivity contribution < 1.29 is 9.90 Å². The van der Waals surface area contributed by atoms with Gasteiger partial charge in [-0.3, -0.25) is 4.98 Å². The Morgan fingerprint density at radius 1 is 0.880 bits per heavy atom. The van der Waals surface area contributed by atoms with Crippen molar-refractivity contribution in [1.29, 1.82) is 0 Å². The van der Waals surface area contributed by atoms with Gasteiger partial charge in [0, 0.05) is 31.7 Å². The van der Waals surface area contributed by atoms with Crippen molar-refractivity contribution in [2.24, 2.45) is 0 Å². The van der Waals surface area contributed by atoms with E-state index >= 15 is 0 Å². The lowest BCUT2D eigenvalue weighted by Gasteiger charge is -2.08. The standard InChI is InChI=1S/C19H17N3O.CH4O/c23-19(21-14-15-4-2-1-3-5-15)22-18-8-6-16(7-9-18)17-10-12-20-13-11-17;1-2/h1-13H,14H2,(H2,21,22,23);2H,1H3. The Kier molecular flexibility index (Phi) is 7.15. The topological polar surface area (TPSA) is 74.2 Å². The van der Waals surface area contributed by atoms with Crippen LogP contribution in [0, 0.1) is 0 Å². The first-order valence-corrected chi connectivity index (χ1v) is 7.85. The minimum absolute atomic E-state index is 0.217. The Hall–Kier alpha value is -3.18. The van der Waals surface area contributed by atoms with Crippen LogP contribution in [0.2, 0.25) is 0 Å². The van der Waals surface area contributed by atoms with Crippen molar-refractivity contribution in [3.8, 4) is 11.1 Å². The molecule has 0 aliphatic rings. The Bertz CT molecular complexity index is 760. The van der Waals surface area contributed by atoms with Gasteiger partial charge in [-0.1, -0.05) is 42.5 Å². The van der Waals surface area contributed by atoms with Crippen LogP contribution in [0.5, 0.6) is 0 Å². The van der Waals surface area contributed by atoms with Crippen LogP contribution >= 0.6 is 0 Å². The molecule has 0 saturated carbocycles. The number of urea groups is 1. The number of hydrogen-bond acceptors (Lipinski definition) is 3. The molecule has 0 fully saturated rings. The molecule has 0 aliphatic heterocycles. The van der Waals surface area contributed by atoms with Crippen molar-refractivity contribution >= 4 is 11.7 Å². The third-order valence-corrected chi connectivity index (χ3v) is 3.45. The summed E-state index contributed by atoms with van der Waals surface area (Å²) in [6.07, 6.45) is 3.52. The number of carbonyl (C=O) groups is 1. The van der Waals surface area contributed by atoms with Gasteiger partial charge in [0.05, 0.1) is 0 Å². The summed E-state index contributed by atoms with van der Waals surface area (Å²) in [6, 6.07) is 21.2. The van der Waals surface area contributed by atoms with Gasteiger partial charge in [-0.05, 0) is 41.0 Å². The molecular weight excluding hydrogens is 314 g/mol. The summed E-state index contributed by atoms with van der Waals surface area (Å²) in [6.45, 7) is 0.502. The van der Waals surface area contributed by atoms with Gasteiger partial charge < -0.3 is 15.7 Å². The maximum Gasteiger partial charge on any atom is 0.319 e. The fourth-order valence-corrected chi connectivity index (χ4v) is 2.24. The summed E-state index contributed by atoms with van der Waals surface area (Å²) < 4.78 is 0. The molecule has 3 N–H and O–H groups in total. The number of anilines is 1. The Balaban J connectivity index is 0.00000109. The van der Waals surface area contributed by atoms with E-state index in [-0.39, 0.29) is 6.03 Å². The van der Waals surface area contributed by atoms with E-state index in [0.717, 1.165) is 29.5 Å². The van der Waals surface area contributed by atoms with E-state index in [0.29, 0.717) is 6.54 Å². The molecule has 0 aliphatic carbocycles. The number of nitrogens with one attached hydrogen (secondary N) is 2. The van der Waals surface area contributed by atoms with Gasteiger partial charge in [0.25, 0.3) is 0 Å². The fourth-order valence-electron chi connectivity index (χ4n) is 2.24.